The van der Waals surface area contributed by atoms with Gasteiger partial charge in [-0.15, -0.1) is 0 Å². The van der Waals surface area contributed by atoms with Crippen LogP contribution in [-0.2, 0) is 4.57 Å². The lowest BCUT2D eigenvalue weighted by Crippen LogP contribution is -2.11. The average Bonchev–Trinajstić information content (AvgIpc) is 2.55. The van der Waals surface area contributed by atoms with Gasteiger partial charge in [-0.2, -0.15) is 0 Å². The predicted octanol–water partition coefficient (Wildman–Crippen LogP) is 3.11. The third-order valence-electron chi connectivity index (χ3n) is 3.44. The molecule has 25 heavy (non-hydrogen) atoms. The Morgan fingerprint density at radius 1 is 1.12 bits per heavy atom. The van der Waals surface area contributed by atoms with Crippen molar-refractivity contribution in [2.24, 2.45) is 0 Å². The lowest BCUT2D eigenvalue weighted by atomic mass is 10.1. The lowest BCUT2D eigenvalue weighted by Gasteiger charge is -2.13. The zero-order valence-corrected chi connectivity index (χ0v) is 14.1. The summed E-state index contributed by atoms with van der Waals surface area (Å²) in [7, 11) is -3.53. The van der Waals surface area contributed by atoms with E-state index in [1.165, 1.54) is 18.2 Å². The fourth-order valence-electron chi connectivity index (χ4n) is 2.30. The van der Waals surface area contributed by atoms with Crippen LogP contribution in [0.15, 0.2) is 51.7 Å². The number of para-hydroxylation sites is 1. The minimum Gasteiger partial charge on any atom is -0.504 e. The van der Waals surface area contributed by atoms with Crippen molar-refractivity contribution in [3.8, 4) is 28.6 Å². The van der Waals surface area contributed by atoms with E-state index < -0.39 is 24.9 Å². The van der Waals surface area contributed by atoms with Gasteiger partial charge in [0, 0.05) is 12.2 Å². The minimum absolute atomic E-state index is 0.00699. The van der Waals surface area contributed by atoms with Crippen molar-refractivity contribution in [1.29, 1.82) is 0 Å². The number of hydrogen-bond acceptors (Lipinski definition) is 6. The Morgan fingerprint density at radius 2 is 1.84 bits per heavy atom. The summed E-state index contributed by atoms with van der Waals surface area (Å²) in [6, 6.07) is 10.4. The number of ether oxygens (including phenoxy) is 1. The largest absolute Gasteiger partial charge is 0.504 e. The van der Waals surface area contributed by atoms with Gasteiger partial charge in [-0.3, -0.25) is 9.36 Å². The summed E-state index contributed by atoms with van der Waals surface area (Å²) in [5.41, 5.74) is 0.0704. The minimum atomic E-state index is -3.53. The SMILES string of the molecule is CP(=O)(O)COc1c(-c2ccc(O)c(O)c2)oc2ccccc2c1=O. The van der Waals surface area contributed by atoms with Crippen LogP contribution in [0.3, 0.4) is 0 Å². The van der Waals surface area contributed by atoms with Gasteiger partial charge in [0.25, 0.3) is 0 Å². The topological polar surface area (TPSA) is 117 Å². The predicted molar refractivity (Wildman–Crippen MR) is 92.5 cm³/mol. The van der Waals surface area contributed by atoms with Crippen molar-refractivity contribution in [3.63, 3.8) is 0 Å². The molecule has 1 unspecified atom stereocenters. The van der Waals surface area contributed by atoms with Crippen molar-refractivity contribution in [1.82, 2.24) is 0 Å². The molecule has 0 aliphatic rings. The Morgan fingerprint density at radius 3 is 2.52 bits per heavy atom. The van der Waals surface area contributed by atoms with E-state index in [2.05, 4.69) is 0 Å². The molecule has 7 nitrogen and oxygen atoms in total. The van der Waals surface area contributed by atoms with Crippen LogP contribution in [-0.4, -0.2) is 28.1 Å². The highest BCUT2D eigenvalue weighted by Crippen LogP contribution is 2.39. The van der Waals surface area contributed by atoms with Gasteiger partial charge in [0.05, 0.1) is 5.39 Å². The van der Waals surface area contributed by atoms with Gasteiger partial charge < -0.3 is 24.3 Å². The smallest absolute Gasteiger partial charge is 0.235 e. The Kier molecular flexibility index (Phi) is 4.29. The molecule has 0 spiro atoms. The normalized spacial score (nSPS) is 13.5. The maximum absolute atomic E-state index is 12.7. The molecule has 0 saturated carbocycles. The van der Waals surface area contributed by atoms with Gasteiger partial charge in [0.2, 0.25) is 18.5 Å². The number of aromatic hydroxyl groups is 2. The molecule has 1 atom stereocenters. The zero-order valence-electron chi connectivity index (χ0n) is 13.2. The number of rotatable bonds is 4. The maximum atomic E-state index is 12.7. The van der Waals surface area contributed by atoms with Crippen LogP contribution in [0.5, 0.6) is 17.2 Å². The second kappa shape index (κ2) is 6.27. The molecular formula is C17H15O7P. The molecule has 0 amide bonds. The molecule has 1 heterocycles. The molecular weight excluding hydrogens is 347 g/mol. The van der Waals surface area contributed by atoms with Crippen LogP contribution in [0.25, 0.3) is 22.3 Å². The number of benzene rings is 2. The van der Waals surface area contributed by atoms with E-state index in [0.717, 1.165) is 6.66 Å². The first-order valence-corrected chi connectivity index (χ1v) is 9.56. The van der Waals surface area contributed by atoms with Crippen LogP contribution in [0.4, 0.5) is 0 Å². The third kappa shape index (κ3) is 3.52. The quantitative estimate of drug-likeness (QED) is 0.482. The summed E-state index contributed by atoms with van der Waals surface area (Å²) < 4.78 is 22.6. The van der Waals surface area contributed by atoms with Crippen molar-refractivity contribution in [2.75, 3.05) is 13.0 Å². The van der Waals surface area contributed by atoms with E-state index >= 15 is 0 Å². The van der Waals surface area contributed by atoms with Gasteiger partial charge in [-0.05, 0) is 30.3 Å². The molecule has 0 aliphatic carbocycles. The first-order valence-electron chi connectivity index (χ1n) is 7.26. The van der Waals surface area contributed by atoms with E-state index in [1.807, 2.05) is 0 Å². The van der Waals surface area contributed by atoms with E-state index in [-0.39, 0.29) is 28.2 Å². The van der Waals surface area contributed by atoms with Gasteiger partial charge in [0.15, 0.2) is 23.6 Å². The summed E-state index contributed by atoms with van der Waals surface area (Å²) in [6.45, 7) is 1.11. The van der Waals surface area contributed by atoms with Gasteiger partial charge in [-0.25, -0.2) is 0 Å². The van der Waals surface area contributed by atoms with E-state index in [9.17, 15) is 24.5 Å². The zero-order chi connectivity index (χ0) is 18.2. The molecule has 0 fully saturated rings. The highest BCUT2D eigenvalue weighted by atomic mass is 31.2. The number of phenols is 2. The van der Waals surface area contributed by atoms with Crippen LogP contribution in [0.2, 0.25) is 0 Å². The fraction of sp³-hybridized carbons (Fsp3) is 0.118. The molecule has 0 radical (unpaired) electrons. The standard InChI is InChI=1S/C17H15O7P/c1-25(21,22)9-23-17-15(20)11-4-2-3-5-14(11)24-16(17)10-6-7-12(18)13(19)8-10/h2-8,18-19H,9H2,1H3,(H,21,22). The second-order valence-electron chi connectivity index (χ2n) is 5.61. The van der Waals surface area contributed by atoms with Crippen LogP contribution >= 0.6 is 7.37 Å². The number of fused-ring (bicyclic) bond motifs is 1. The summed E-state index contributed by atoms with van der Waals surface area (Å²) in [4.78, 5) is 22.2. The van der Waals surface area contributed by atoms with E-state index in [1.54, 1.807) is 24.3 Å². The molecule has 3 aromatic rings. The second-order valence-corrected chi connectivity index (χ2v) is 7.97. The fourth-order valence-corrected chi connectivity index (χ4v) is 2.66. The molecule has 1 aromatic heterocycles. The van der Waals surface area contributed by atoms with Crippen molar-refractivity contribution in [2.45, 2.75) is 0 Å². The van der Waals surface area contributed by atoms with Crippen LogP contribution < -0.4 is 10.2 Å². The molecule has 3 N–H and O–H groups in total. The van der Waals surface area contributed by atoms with Gasteiger partial charge >= 0.3 is 0 Å². The molecule has 0 aliphatic heterocycles. The van der Waals surface area contributed by atoms with Crippen molar-refractivity contribution in [3.05, 3.63) is 52.7 Å². The summed E-state index contributed by atoms with van der Waals surface area (Å²) in [5, 5.41) is 19.4. The Labute approximate surface area is 142 Å². The highest BCUT2D eigenvalue weighted by Gasteiger charge is 2.21. The number of phenolic OH excluding ortho intramolecular Hbond substituents is 2. The average molecular weight is 362 g/mol. The third-order valence-corrected chi connectivity index (χ3v) is 4.05. The first kappa shape index (κ1) is 17.1. The Hall–Kier alpha value is -2.76. The molecule has 0 saturated heterocycles. The summed E-state index contributed by atoms with van der Waals surface area (Å²) in [5.74, 6) is -0.974. The first-order chi connectivity index (χ1) is 11.8. The molecule has 8 heteroatoms. The Balaban J connectivity index is 2.25. The molecule has 0 bridgehead atoms. The van der Waals surface area contributed by atoms with E-state index in [4.69, 9.17) is 9.15 Å². The van der Waals surface area contributed by atoms with Gasteiger partial charge in [-0.1, -0.05) is 12.1 Å². The molecule has 2 aromatic carbocycles. The van der Waals surface area contributed by atoms with Gasteiger partial charge in [0.1, 0.15) is 5.58 Å². The maximum Gasteiger partial charge on any atom is 0.235 e. The number of hydrogen-bond donors (Lipinski definition) is 3. The molecule has 130 valence electrons. The summed E-state index contributed by atoms with van der Waals surface area (Å²) in [6.07, 6.45) is -0.562. The van der Waals surface area contributed by atoms with Crippen molar-refractivity contribution < 1.29 is 28.8 Å². The van der Waals surface area contributed by atoms with Crippen LogP contribution in [0, 0.1) is 0 Å². The lowest BCUT2D eigenvalue weighted by molar-refractivity contribution is 0.343. The Bertz CT molecular complexity index is 1050. The molecule has 3 rings (SSSR count). The highest BCUT2D eigenvalue weighted by molar-refractivity contribution is 7.56. The monoisotopic (exact) mass is 362 g/mol. The van der Waals surface area contributed by atoms with E-state index in [0.29, 0.717) is 5.58 Å². The summed E-state index contributed by atoms with van der Waals surface area (Å²) >= 11 is 0. The van der Waals surface area contributed by atoms with Crippen molar-refractivity contribution >= 4 is 18.3 Å². The van der Waals surface area contributed by atoms with Crippen LogP contribution in [0.1, 0.15) is 0 Å².